The lowest BCUT2D eigenvalue weighted by molar-refractivity contribution is 0.527. The highest BCUT2D eigenvalue weighted by Crippen LogP contribution is 2.25. The molecule has 1 unspecified atom stereocenters. The Morgan fingerprint density at radius 3 is 2.95 bits per heavy atom. The lowest BCUT2D eigenvalue weighted by Crippen LogP contribution is -2.21. The zero-order chi connectivity index (χ0) is 13.7. The van der Waals surface area contributed by atoms with E-state index in [1.54, 1.807) is 12.3 Å². The number of halogens is 2. The van der Waals surface area contributed by atoms with Gasteiger partial charge in [-0.25, -0.2) is 4.98 Å². The predicted octanol–water partition coefficient (Wildman–Crippen LogP) is 3.93. The summed E-state index contributed by atoms with van der Waals surface area (Å²) in [6, 6.07) is 5.74. The molecule has 1 aromatic heterocycles. The van der Waals surface area contributed by atoms with Gasteiger partial charge in [-0.3, -0.25) is 0 Å². The number of nitrogens with zero attached hydrogens (tertiary/aromatic N) is 2. The van der Waals surface area contributed by atoms with Crippen LogP contribution < -0.4 is 5.32 Å². The quantitative estimate of drug-likeness (QED) is 0.819. The van der Waals surface area contributed by atoms with Crippen molar-refractivity contribution in [2.24, 2.45) is 0 Å². The van der Waals surface area contributed by atoms with Crippen LogP contribution in [0.2, 0.25) is 10.0 Å². The zero-order valence-electron chi connectivity index (χ0n) is 10.8. The maximum absolute atomic E-state index is 6.17. The molecule has 2 aromatic rings. The lowest BCUT2D eigenvalue weighted by atomic mass is 10.1. The van der Waals surface area contributed by atoms with Crippen LogP contribution in [0.1, 0.15) is 24.9 Å². The van der Waals surface area contributed by atoms with E-state index in [-0.39, 0.29) is 6.04 Å². The van der Waals surface area contributed by atoms with E-state index in [2.05, 4.69) is 21.8 Å². The minimum Gasteiger partial charge on any atom is -0.337 e. The molecular formula is C14H17Cl2N3. The van der Waals surface area contributed by atoms with Gasteiger partial charge in [0.05, 0.1) is 6.33 Å². The van der Waals surface area contributed by atoms with E-state index < -0.39 is 0 Å². The second kappa shape index (κ2) is 6.94. The van der Waals surface area contributed by atoms with Gasteiger partial charge in [-0.1, -0.05) is 23.2 Å². The first-order chi connectivity index (χ1) is 9.16. The van der Waals surface area contributed by atoms with Gasteiger partial charge in [-0.05, 0) is 43.7 Å². The molecule has 1 aromatic carbocycles. The van der Waals surface area contributed by atoms with E-state index in [1.165, 1.54) is 0 Å². The highest BCUT2D eigenvalue weighted by atomic mass is 35.5. The summed E-state index contributed by atoms with van der Waals surface area (Å²) in [5.74, 6) is 0. The smallest absolute Gasteiger partial charge is 0.0945 e. The van der Waals surface area contributed by atoms with E-state index in [0.29, 0.717) is 5.02 Å². The second-order valence-electron chi connectivity index (χ2n) is 4.50. The fourth-order valence-corrected chi connectivity index (χ4v) is 2.42. The predicted molar refractivity (Wildman–Crippen MR) is 79.7 cm³/mol. The third kappa shape index (κ3) is 4.23. The molecule has 1 atom stereocenters. The summed E-state index contributed by atoms with van der Waals surface area (Å²) in [4.78, 5) is 4.02. The zero-order valence-corrected chi connectivity index (χ0v) is 12.3. The van der Waals surface area contributed by atoms with Crippen molar-refractivity contribution in [2.75, 3.05) is 6.54 Å². The monoisotopic (exact) mass is 297 g/mol. The maximum atomic E-state index is 6.17. The summed E-state index contributed by atoms with van der Waals surface area (Å²) >= 11 is 12.2. The standard InChI is InChI=1S/C14H17Cl2N3/c1-11(13-9-12(15)3-4-14(13)16)18-5-2-7-19-8-6-17-10-19/h3-4,6,8-11,18H,2,5,7H2,1H3. The third-order valence-electron chi connectivity index (χ3n) is 3.03. The average molecular weight is 298 g/mol. The van der Waals surface area contributed by atoms with Crippen molar-refractivity contribution < 1.29 is 0 Å². The molecule has 1 heterocycles. The molecule has 0 aliphatic carbocycles. The van der Waals surface area contributed by atoms with Crippen LogP contribution in [-0.2, 0) is 6.54 Å². The van der Waals surface area contributed by atoms with Crippen molar-refractivity contribution in [3.8, 4) is 0 Å². The molecule has 0 bridgehead atoms. The summed E-state index contributed by atoms with van der Waals surface area (Å²) in [7, 11) is 0. The van der Waals surface area contributed by atoms with Crippen molar-refractivity contribution in [3.63, 3.8) is 0 Å². The van der Waals surface area contributed by atoms with Crippen LogP contribution >= 0.6 is 23.2 Å². The molecule has 0 aliphatic rings. The topological polar surface area (TPSA) is 29.9 Å². The number of rotatable bonds is 6. The first-order valence-corrected chi connectivity index (χ1v) is 7.06. The molecule has 0 spiro atoms. The fourth-order valence-electron chi connectivity index (χ4n) is 1.96. The largest absolute Gasteiger partial charge is 0.337 e. The van der Waals surface area contributed by atoms with Gasteiger partial charge in [0.2, 0.25) is 0 Å². The molecule has 3 nitrogen and oxygen atoms in total. The molecular weight excluding hydrogens is 281 g/mol. The van der Waals surface area contributed by atoms with Crippen molar-refractivity contribution in [3.05, 3.63) is 52.5 Å². The summed E-state index contributed by atoms with van der Waals surface area (Å²) in [6.07, 6.45) is 6.63. The Morgan fingerprint density at radius 1 is 1.37 bits per heavy atom. The molecule has 0 radical (unpaired) electrons. The Hall–Kier alpha value is -1.03. The summed E-state index contributed by atoms with van der Waals surface area (Å²) in [5.41, 5.74) is 1.04. The van der Waals surface area contributed by atoms with Crippen molar-refractivity contribution in [1.82, 2.24) is 14.9 Å². The Balaban J connectivity index is 1.80. The number of hydrogen-bond acceptors (Lipinski definition) is 2. The third-order valence-corrected chi connectivity index (χ3v) is 3.61. The number of imidazole rings is 1. The van der Waals surface area contributed by atoms with Gasteiger partial charge in [0.15, 0.2) is 0 Å². The van der Waals surface area contributed by atoms with E-state index in [1.807, 2.05) is 24.7 Å². The molecule has 0 amide bonds. The van der Waals surface area contributed by atoms with Gasteiger partial charge < -0.3 is 9.88 Å². The molecule has 0 saturated heterocycles. The van der Waals surface area contributed by atoms with Crippen LogP contribution in [0.15, 0.2) is 36.9 Å². The van der Waals surface area contributed by atoms with Crippen LogP contribution in [-0.4, -0.2) is 16.1 Å². The Bertz CT molecular complexity index is 511. The molecule has 0 fully saturated rings. The average Bonchev–Trinajstić information content (AvgIpc) is 2.90. The van der Waals surface area contributed by atoms with E-state index in [4.69, 9.17) is 23.2 Å². The summed E-state index contributed by atoms with van der Waals surface area (Å²) in [6.45, 7) is 3.97. The van der Waals surface area contributed by atoms with Crippen molar-refractivity contribution in [2.45, 2.75) is 25.9 Å². The van der Waals surface area contributed by atoms with Gasteiger partial charge in [0.1, 0.15) is 0 Å². The molecule has 19 heavy (non-hydrogen) atoms. The molecule has 0 saturated carbocycles. The second-order valence-corrected chi connectivity index (χ2v) is 5.34. The van der Waals surface area contributed by atoms with Crippen LogP contribution in [0.25, 0.3) is 0 Å². The van der Waals surface area contributed by atoms with Crippen LogP contribution in [0.5, 0.6) is 0 Å². The number of aromatic nitrogens is 2. The SMILES string of the molecule is CC(NCCCn1ccnc1)c1cc(Cl)ccc1Cl. The van der Waals surface area contributed by atoms with Crippen LogP contribution in [0.3, 0.4) is 0 Å². The van der Waals surface area contributed by atoms with Crippen LogP contribution in [0, 0.1) is 0 Å². The lowest BCUT2D eigenvalue weighted by Gasteiger charge is -2.16. The van der Waals surface area contributed by atoms with E-state index in [0.717, 1.165) is 30.1 Å². The summed E-state index contributed by atoms with van der Waals surface area (Å²) in [5, 5.41) is 4.92. The minimum atomic E-state index is 0.189. The van der Waals surface area contributed by atoms with Crippen LogP contribution in [0.4, 0.5) is 0 Å². The minimum absolute atomic E-state index is 0.189. The molecule has 0 aliphatic heterocycles. The summed E-state index contributed by atoms with van der Waals surface area (Å²) < 4.78 is 2.07. The van der Waals surface area contributed by atoms with Gasteiger partial charge in [0.25, 0.3) is 0 Å². The molecule has 102 valence electrons. The first kappa shape index (κ1) is 14.4. The highest BCUT2D eigenvalue weighted by Gasteiger charge is 2.09. The number of nitrogens with one attached hydrogen (secondary N) is 1. The van der Waals surface area contributed by atoms with Crippen molar-refractivity contribution in [1.29, 1.82) is 0 Å². The van der Waals surface area contributed by atoms with E-state index >= 15 is 0 Å². The number of benzene rings is 1. The van der Waals surface area contributed by atoms with Crippen molar-refractivity contribution >= 4 is 23.2 Å². The Labute approximate surface area is 123 Å². The fraction of sp³-hybridized carbons (Fsp3) is 0.357. The number of aryl methyl sites for hydroxylation is 1. The van der Waals surface area contributed by atoms with Gasteiger partial charge in [-0.2, -0.15) is 0 Å². The van der Waals surface area contributed by atoms with E-state index in [9.17, 15) is 0 Å². The molecule has 1 N–H and O–H groups in total. The van der Waals surface area contributed by atoms with Gasteiger partial charge >= 0.3 is 0 Å². The number of hydrogen-bond donors (Lipinski definition) is 1. The molecule has 5 heteroatoms. The van der Waals surface area contributed by atoms with Gasteiger partial charge in [0, 0.05) is 35.0 Å². The highest BCUT2D eigenvalue weighted by molar-refractivity contribution is 6.33. The maximum Gasteiger partial charge on any atom is 0.0945 e. The Kier molecular flexibility index (Phi) is 5.25. The first-order valence-electron chi connectivity index (χ1n) is 6.31. The normalized spacial score (nSPS) is 12.6. The Morgan fingerprint density at radius 2 is 2.21 bits per heavy atom. The molecule has 2 rings (SSSR count). The van der Waals surface area contributed by atoms with Gasteiger partial charge in [-0.15, -0.1) is 0 Å².